The molecule has 19 heavy (non-hydrogen) atoms. The molecule has 0 amide bonds. The van der Waals surface area contributed by atoms with Crippen LogP contribution in [0.25, 0.3) is 0 Å². The molecule has 1 aromatic rings. The monoisotopic (exact) mass is 303 g/mol. The molecule has 1 heterocycles. The van der Waals surface area contributed by atoms with Gasteiger partial charge in [0, 0.05) is 24.2 Å². The standard InChI is InChI=1S/C13H18ClNO3S/c14-11-4-6-13(7-5-11)19(17,18)15-9-2-1-3-12(15)8-10-16/h4-7,12,16H,1-3,8-10H2. The number of rotatable bonds is 4. The topological polar surface area (TPSA) is 57.6 Å². The number of benzene rings is 1. The van der Waals surface area contributed by atoms with Crippen LogP contribution in [-0.4, -0.2) is 37.0 Å². The molecule has 1 aromatic carbocycles. The fourth-order valence-corrected chi connectivity index (χ4v) is 4.32. The van der Waals surface area contributed by atoms with Gasteiger partial charge in [-0.25, -0.2) is 8.42 Å². The van der Waals surface area contributed by atoms with Gasteiger partial charge < -0.3 is 5.11 Å². The number of halogens is 1. The van der Waals surface area contributed by atoms with Crippen molar-refractivity contribution < 1.29 is 13.5 Å². The van der Waals surface area contributed by atoms with Gasteiger partial charge in [0.05, 0.1) is 4.90 Å². The fourth-order valence-electron chi connectivity index (χ4n) is 2.47. The summed E-state index contributed by atoms with van der Waals surface area (Å²) < 4.78 is 26.7. The van der Waals surface area contributed by atoms with Crippen molar-refractivity contribution in [1.29, 1.82) is 0 Å². The highest BCUT2D eigenvalue weighted by Crippen LogP contribution is 2.27. The lowest BCUT2D eigenvalue weighted by Crippen LogP contribution is -2.44. The van der Waals surface area contributed by atoms with Crippen molar-refractivity contribution in [3.63, 3.8) is 0 Å². The number of sulfonamides is 1. The Morgan fingerprint density at radius 2 is 1.95 bits per heavy atom. The van der Waals surface area contributed by atoms with Crippen LogP contribution in [-0.2, 0) is 10.0 Å². The van der Waals surface area contributed by atoms with Gasteiger partial charge in [0.15, 0.2) is 0 Å². The number of hydrogen-bond acceptors (Lipinski definition) is 3. The van der Waals surface area contributed by atoms with Crippen LogP contribution in [0.5, 0.6) is 0 Å². The Morgan fingerprint density at radius 3 is 2.58 bits per heavy atom. The van der Waals surface area contributed by atoms with Gasteiger partial charge in [0.1, 0.15) is 0 Å². The average molecular weight is 304 g/mol. The van der Waals surface area contributed by atoms with Crippen LogP contribution < -0.4 is 0 Å². The Labute approximate surface area is 119 Å². The lowest BCUT2D eigenvalue weighted by Gasteiger charge is -2.34. The summed E-state index contributed by atoms with van der Waals surface area (Å²) in [5.74, 6) is 0. The smallest absolute Gasteiger partial charge is 0.243 e. The maximum Gasteiger partial charge on any atom is 0.243 e. The summed E-state index contributed by atoms with van der Waals surface area (Å²) in [6.45, 7) is 0.535. The number of aliphatic hydroxyl groups is 1. The third-order valence-corrected chi connectivity index (χ3v) is 5.67. The van der Waals surface area contributed by atoms with Gasteiger partial charge in [0.25, 0.3) is 0 Å². The molecule has 1 atom stereocenters. The molecule has 1 aliphatic rings. The lowest BCUT2D eigenvalue weighted by molar-refractivity contribution is 0.192. The van der Waals surface area contributed by atoms with Crippen LogP contribution in [0.15, 0.2) is 29.2 Å². The maximum atomic E-state index is 12.6. The minimum Gasteiger partial charge on any atom is -0.396 e. The Bertz CT molecular complexity index is 513. The molecule has 0 saturated carbocycles. The molecule has 2 rings (SSSR count). The van der Waals surface area contributed by atoms with E-state index in [1.165, 1.54) is 16.4 Å². The normalized spacial score (nSPS) is 21.5. The molecule has 1 fully saturated rings. The summed E-state index contributed by atoms with van der Waals surface area (Å²) in [6, 6.07) is 6.13. The molecule has 1 unspecified atom stereocenters. The van der Waals surface area contributed by atoms with Crippen molar-refractivity contribution >= 4 is 21.6 Å². The van der Waals surface area contributed by atoms with E-state index in [2.05, 4.69) is 0 Å². The van der Waals surface area contributed by atoms with E-state index in [9.17, 15) is 8.42 Å². The first-order valence-electron chi connectivity index (χ1n) is 6.44. The molecule has 4 nitrogen and oxygen atoms in total. The molecule has 1 N–H and O–H groups in total. The van der Waals surface area contributed by atoms with E-state index in [0.29, 0.717) is 18.0 Å². The van der Waals surface area contributed by atoms with Crippen LogP contribution in [0.2, 0.25) is 5.02 Å². The van der Waals surface area contributed by atoms with Gasteiger partial charge in [-0.05, 0) is 43.5 Å². The molecule has 0 radical (unpaired) electrons. The second kappa shape index (κ2) is 6.22. The summed E-state index contributed by atoms with van der Waals surface area (Å²) >= 11 is 5.78. The molecule has 0 spiro atoms. The third kappa shape index (κ3) is 3.28. The van der Waals surface area contributed by atoms with Gasteiger partial charge in [0.2, 0.25) is 10.0 Å². The molecular weight excluding hydrogens is 286 g/mol. The highest BCUT2D eigenvalue weighted by molar-refractivity contribution is 7.89. The Morgan fingerprint density at radius 1 is 1.26 bits per heavy atom. The molecular formula is C13H18ClNO3S. The van der Waals surface area contributed by atoms with Crippen molar-refractivity contribution in [1.82, 2.24) is 4.31 Å². The molecule has 1 aliphatic heterocycles. The minimum absolute atomic E-state index is 0.0112. The van der Waals surface area contributed by atoms with Crippen molar-refractivity contribution in [2.75, 3.05) is 13.2 Å². The van der Waals surface area contributed by atoms with Gasteiger partial charge in [-0.3, -0.25) is 0 Å². The van der Waals surface area contributed by atoms with Crippen molar-refractivity contribution in [2.45, 2.75) is 36.6 Å². The van der Waals surface area contributed by atoms with E-state index >= 15 is 0 Å². The average Bonchev–Trinajstić information content (AvgIpc) is 2.40. The lowest BCUT2D eigenvalue weighted by atomic mass is 10.0. The third-order valence-electron chi connectivity index (χ3n) is 3.46. The fraction of sp³-hybridized carbons (Fsp3) is 0.538. The minimum atomic E-state index is -3.49. The zero-order valence-electron chi connectivity index (χ0n) is 10.6. The summed E-state index contributed by atoms with van der Waals surface area (Å²) in [5.41, 5.74) is 0. The first kappa shape index (κ1) is 14.8. The molecule has 0 aliphatic carbocycles. The molecule has 106 valence electrons. The molecule has 0 aromatic heterocycles. The quantitative estimate of drug-likeness (QED) is 0.928. The molecule has 0 bridgehead atoms. The van der Waals surface area contributed by atoms with Crippen molar-refractivity contribution in [3.05, 3.63) is 29.3 Å². The number of hydrogen-bond donors (Lipinski definition) is 1. The first-order chi connectivity index (χ1) is 9.05. The Hall–Kier alpha value is -0.620. The van der Waals surface area contributed by atoms with Gasteiger partial charge in [-0.1, -0.05) is 18.0 Å². The predicted octanol–water partition coefficient (Wildman–Crippen LogP) is 2.27. The van der Waals surface area contributed by atoms with Crippen LogP contribution in [0.4, 0.5) is 0 Å². The number of nitrogens with zero attached hydrogens (tertiary/aromatic N) is 1. The van der Waals surface area contributed by atoms with Crippen molar-refractivity contribution in [2.24, 2.45) is 0 Å². The second-order valence-corrected chi connectivity index (χ2v) is 7.06. The maximum absolute atomic E-state index is 12.6. The Balaban J connectivity index is 2.28. The molecule has 1 saturated heterocycles. The second-order valence-electron chi connectivity index (χ2n) is 4.73. The van der Waals surface area contributed by atoms with E-state index in [1.807, 2.05) is 0 Å². The summed E-state index contributed by atoms with van der Waals surface area (Å²) in [5, 5.41) is 9.59. The van der Waals surface area contributed by atoms with E-state index in [4.69, 9.17) is 16.7 Å². The zero-order chi connectivity index (χ0) is 13.9. The number of piperidine rings is 1. The SMILES string of the molecule is O=S(=O)(c1ccc(Cl)cc1)N1CCCCC1CCO. The first-order valence-corrected chi connectivity index (χ1v) is 8.26. The van der Waals surface area contributed by atoms with Crippen molar-refractivity contribution in [3.8, 4) is 0 Å². The summed E-state index contributed by atoms with van der Waals surface area (Å²) in [6.07, 6.45) is 3.19. The Kier molecular flexibility index (Phi) is 4.84. The van der Waals surface area contributed by atoms with Crippen LogP contribution >= 0.6 is 11.6 Å². The summed E-state index contributed by atoms with van der Waals surface area (Å²) in [4.78, 5) is 0.265. The van der Waals surface area contributed by atoms with E-state index in [0.717, 1.165) is 19.3 Å². The highest BCUT2D eigenvalue weighted by Gasteiger charge is 2.32. The number of aliphatic hydroxyl groups excluding tert-OH is 1. The van der Waals surface area contributed by atoms with Crippen LogP contribution in [0.1, 0.15) is 25.7 Å². The van der Waals surface area contributed by atoms with Gasteiger partial charge in [-0.15, -0.1) is 0 Å². The van der Waals surface area contributed by atoms with E-state index in [-0.39, 0.29) is 17.5 Å². The van der Waals surface area contributed by atoms with Gasteiger partial charge >= 0.3 is 0 Å². The molecule has 6 heteroatoms. The van der Waals surface area contributed by atoms with E-state index in [1.54, 1.807) is 12.1 Å². The van der Waals surface area contributed by atoms with E-state index < -0.39 is 10.0 Å². The van der Waals surface area contributed by atoms with Crippen LogP contribution in [0, 0.1) is 0 Å². The summed E-state index contributed by atoms with van der Waals surface area (Å²) in [7, 11) is -3.49. The van der Waals surface area contributed by atoms with Crippen LogP contribution in [0.3, 0.4) is 0 Å². The highest BCUT2D eigenvalue weighted by atomic mass is 35.5. The van der Waals surface area contributed by atoms with Gasteiger partial charge in [-0.2, -0.15) is 4.31 Å². The zero-order valence-corrected chi connectivity index (χ0v) is 12.2. The largest absolute Gasteiger partial charge is 0.396 e. The predicted molar refractivity (Wildman–Crippen MR) is 74.7 cm³/mol.